The summed E-state index contributed by atoms with van der Waals surface area (Å²) in [4.78, 5) is 52.7. The second-order valence-electron chi connectivity index (χ2n) is 11.5. The Hall–Kier alpha value is -5.64. The fourth-order valence-corrected chi connectivity index (χ4v) is 5.61. The topological polar surface area (TPSA) is 132 Å². The molecule has 0 radical (unpaired) electrons. The number of aromatic nitrogens is 3. The van der Waals surface area contributed by atoms with E-state index < -0.39 is 17.9 Å². The fraction of sp³-hybridized carbons (Fsp3) is 0.263. The Bertz CT molecular complexity index is 1680. The maximum Gasteiger partial charge on any atom is 0.336 e. The van der Waals surface area contributed by atoms with E-state index in [1.54, 1.807) is 75.3 Å². The zero-order valence-corrected chi connectivity index (χ0v) is 27.1. The van der Waals surface area contributed by atoms with Crippen LogP contribution in [0.3, 0.4) is 0 Å². The van der Waals surface area contributed by atoms with Crippen LogP contribution in [0, 0.1) is 0 Å². The van der Waals surface area contributed by atoms with Crippen molar-refractivity contribution in [1.82, 2.24) is 25.6 Å². The minimum absolute atomic E-state index is 0.199. The molecule has 1 amide bonds. The Labute approximate surface area is 280 Å². The SMILES string of the molecule is CC1=C(C(=O)OCCCc2cccnc2)C(c2ccc(C(=O)NCc3cccnc3)cc2)C(C(=O)OCCCc2cccnc2)=C(C)N1. The molecule has 1 aliphatic rings. The molecule has 48 heavy (non-hydrogen) atoms. The molecule has 0 bridgehead atoms. The number of nitrogens with zero attached hydrogens (tertiary/aromatic N) is 3. The summed E-state index contributed by atoms with van der Waals surface area (Å²) >= 11 is 0. The van der Waals surface area contributed by atoms with E-state index >= 15 is 0 Å². The van der Waals surface area contributed by atoms with Gasteiger partial charge in [-0.3, -0.25) is 19.7 Å². The quantitative estimate of drug-likeness (QED) is 0.137. The number of hydrogen-bond donors (Lipinski definition) is 2. The number of ether oxygens (including phenoxy) is 2. The molecule has 0 saturated heterocycles. The van der Waals surface area contributed by atoms with Crippen molar-refractivity contribution in [2.75, 3.05) is 13.2 Å². The molecule has 3 aromatic heterocycles. The van der Waals surface area contributed by atoms with Crippen molar-refractivity contribution < 1.29 is 23.9 Å². The van der Waals surface area contributed by atoms with Gasteiger partial charge < -0.3 is 20.1 Å². The second kappa shape index (κ2) is 16.8. The van der Waals surface area contributed by atoms with E-state index in [4.69, 9.17) is 9.47 Å². The molecular weight excluding hydrogens is 606 g/mol. The summed E-state index contributed by atoms with van der Waals surface area (Å²) in [6, 6.07) is 18.3. The van der Waals surface area contributed by atoms with Gasteiger partial charge in [0.25, 0.3) is 5.91 Å². The molecule has 1 aromatic carbocycles. The highest BCUT2D eigenvalue weighted by molar-refractivity contribution is 6.00. The number of amides is 1. The van der Waals surface area contributed by atoms with Gasteiger partial charge in [0.05, 0.1) is 30.3 Å². The predicted molar refractivity (Wildman–Crippen MR) is 180 cm³/mol. The first-order valence-corrected chi connectivity index (χ1v) is 16.0. The fourth-order valence-electron chi connectivity index (χ4n) is 5.61. The van der Waals surface area contributed by atoms with Gasteiger partial charge in [-0.1, -0.05) is 30.3 Å². The Balaban J connectivity index is 1.33. The van der Waals surface area contributed by atoms with Gasteiger partial charge in [-0.05, 0) is 92.1 Å². The lowest BCUT2D eigenvalue weighted by atomic mass is 9.80. The van der Waals surface area contributed by atoms with Crippen molar-refractivity contribution in [2.45, 2.75) is 52.0 Å². The number of carbonyl (C=O) groups is 3. The summed E-state index contributed by atoms with van der Waals surface area (Å²) in [5, 5.41) is 6.11. The first-order chi connectivity index (χ1) is 23.4. The lowest BCUT2D eigenvalue weighted by molar-refractivity contribution is -0.140. The minimum Gasteiger partial charge on any atom is -0.462 e. The lowest BCUT2D eigenvalue weighted by Gasteiger charge is -2.30. The largest absolute Gasteiger partial charge is 0.462 e. The molecule has 0 atom stereocenters. The molecule has 4 aromatic rings. The van der Waals surface area contributed by atoms with Gasteiger partial charge in [-0.15, -0.1) is 0 Å². The average molecular weight is 646 g/mol. The molecule has 2 N–H and O–H groups in total. The van der Waals surface area contributed by atoms with Crippen LogP contribution >= 0.6 is 0 Å². The van der Waals surface area contributed by atoms with Crippen LogP contribution in [-0.4, -0.2) is 46.0 Å². The van der Waals surface area contributed by atoms with E-state index in [1.807, 2.05) is 36.4 Å². The smallest absolute Gasteiger partial charge is 0.336 e. The Morgan fingerprint density at radius 1 is 0.688 bits per heavy atom. The highest BCUT2D eigenvalue weighted by atomic mass is 16.5. The van der Waals surface area contributed by atoms with Crippen LogP contribution in [0.1, 0.15) is 65.2 Å². The van der Waals surface area contributed by atoms with E-state index in [1.165, 1.54) is 0 Å². The third-order valence-corrected chi connectivity index (χ3v) is 8.01. The molecule has 0 spiro atoms. The van der Waals surface area contributed by atoms with Crippen LogP contribution in [-0.2, 0) is 38.4 Å². The van der Waals surface area contributed by atoms with Crippen LogP contribution in [0.15, 0.2) is 120 Å². The Kier molecular flexibility index (Phi) is 11.8. The van der Waals surface area contributed by atoms with Gasteiger partial charge in [0.1, 0.15) is 0 Å². The van der Waals surface area contributed by atoms with Crippen LogP contribution in [0.25, 0.3) is 0 Å². The van der Waals surface area contributed by atoms with Crippen molar-refractivity contribution in [2.24, 2.45) is 0 Å². The molecule has 246 valence electrons. The standard InChI is InChI=1S/C38H39N5O5/c1-26-33(37(45)47-20-6-11-28-8-3-17-39-22-28)35(31-13-15-32(16-14-31)36(44)42-25-30-10-5-19-41-24-30)34(27(2)43-26)38(46)48-21-7-12-29-9-4-18-40-23-29/h3-5,8-10,13-19,22-24,35,43H,6-7,11-12,20-21,25H2,1-2H3,(H,42,44). The van der Waals surface area contributed by atoms with Gasteiger partial charge in [0.15, 0.2) is 0 Å². The predicted octanol–water partition coefficient (Wildman–Crippen LogP) is 5.39. The molecule has 4 heterocycles. The van der Waals surface area contributed by atoms with Gasteiger partial charge >= 0.3 is 11.9 Å². The van der Waals surface area contributed by atoms with Gasteiger partial charge in [0.2, 0.25) is 0 Å². The number of esters is 2. The van der Waals surface area contributed by atoms with Crippen LogP contribution in [0.4, 0.5) is 0 Å². The summed E-state index contributed by atoms with van der Waals surface area (Å²) in [7, 11) is 0. The van der Waals surface area contributed by atoms with E-state index in [0.29, 0.717) is 65.9 Å². The molecule has 10 nitrogen and oxygen atoms in total. The third-order valence-electron chi connectivity index (χ3n) is 8.01. The van der Waals surface area contributed by atoms with E-state index in [-0.39, 0.29) is 19.1 Å². The number of carbonyl (C=O) groups excluding carboxylic acids is 3. The van der Waals surface area contributed by atoms with Crippen LogP contribution in [0.2, 0.25) is 0 Å². The maximum atomic E-state index is 13.7. The third kappa shape index (κ3) is 9.00. The maximum absolute atomic E-state index is 13.7. The molecule has 10 heteroatoms. The lowest BCUT2D eigenvalue weighted by Crippen LogP contribution is -2.33. The van der Waals surface area contributed by atoms with Crippen molar-refractivity contribution in [1.29, 1.82) is 0 Å². The summed E-state index contributed by atoms with van der Waals surface area (Å²) in [5.74, 6) is -2.07. The van der Waals surface area contributed by atoms with E-state index in [2.05, 4.69) is 25.6 Å². The first-order valence-electron chi connectivity index (χ1n) is 16.0. The van der Waals surface area contributed by atoms with Crippen molar-refractivity contribution in [3.05, 3.63) is 148 Å². The molecule has 0 unspecified atom stereocenters. The molecular formula is C38H39N5O5. The van der Waals surface area contributed by atoms with Crippen molar-refractivity contribution in [3.8, 4) is 0 Å². The molecule has 0 fully saturated rings. The summed E-state index contributed by atoms with van der Waals surface area (Å²) < 4.78 is 11.5. The zero-order chi connectivity index (χ0) is 33.7. The Morgan fingerprint density at radius 2 is 1.17 bits per heavy atom. The average Bonchev–Trinajstić information content (AvgIpc) is 3.12. The van der Waals surface area contributed by atoms with Crippen LogP contribution < -0.4 is 10.6 Å². The van der Waals surface area contributed by atoms with E-state index in [9.17, 15) is 14.4 Å². The molecule has 0 saturated carbocycles. The van der Waals surface area contributed by atoms with Gasteiger partial charge in [-0.2, -0.15) is 0 Å². The number of aryl methyl sites for hydroxylation is 2. The number of dihydropyridines is 1. The highest BCUT2D eigenvalue weighted by Crippen LogP contribution is 2.39. The normalized spacial score (nSPS) is 13.1. The van der Waals surface area contributed by atoms with Crippen LogP contribution in [0.5, 0.6) is 0 Å². The molecule has 0 aliphatic carbocycles. The molecule has 1 aliphatic heterocycles. The minimum atomic E-state index is -0.768. The summed E-state index contributed by atoms with van der Waals surface area (Å²) in [6.07, 6.45) is 13.0. The van der Waals surface area contributed by atoms with Gasteiger partial charge in [-0.25, -0.2) is 9.59 Å². The number of pyridine rings is 3. The Morgan fingerprint density at radius 3 is 1.62 bits per heavy atom. The number of allylic oxidation sites excluding steroid dienone is 2. The van der Waals surface area contributed by atoms with Crippen molar-refractivity contribution >= 4 is 17.8 Å². The summed E-state index contributed by atoms with van der Waals surface area (Å²) in [5.41, 5.74) is 5.89. The number of benzene rings is 1. The summed E-state index contributed by atoms with van der Waals surface area (Å²) in [6.45, 7) is 4.31. The number of hydrogen-bond acceptors (Lipinski definition) is 9. The van der Waals surface area contributed by atoms with E-state index in [0.717, 1.165) is 16.7 Å². The van der Waals surface area contributed by atoms with Crippen molar-refractivity contribution in [3.63, 3.8) is 0 Å². The van der Waals surface area contributed by atoms with Gasteiger partial charge in [0, 0.05) is 60.7 Å². The second-order valence-corrected chi connectivity index (χ2v) is 11.5. The molecule has 5 rings (SSSR count). The number of nitrogens with one attached hydrogen (secondary N) is 2. The zero-order valence-electron chi connectivity index (χ0n) is 27.1. The number of rotatable bonds is 14. The first kappa shape index (κ1) is 33.7. The highest BCUT2D eigenvalue weighted by Gasteiger charge is 2.38. The monoisotopic (exact) mass is 645 g/mol.